The summed E-state index contributed by atoms with van der Waals surface area (Å²) in [6, 6.07) is 18.4. The predicted molar refractivity (Wildman–Crippen MR) is 109 cm³/mol. The number of nitrogens with zero attached hydrogens (tertiary/aromatic N) is 4. The van der Waals surface area contributed by atoms with Crippen LogP contribution in [0.1, 0.15) is 5.56 Å². The molecule has 2 aromatic carbocycles. The van der Waals surface area contributed by atoms with E-state index < -0.39 is 5.91 Å². The standard InChI is InChI=1S/C21H18ClN5O/c22-18-5-3-6-19(12-18)27-10-8-26(9-11-27)15-17(14-24)21(28)25-20-7-2-1-4-16(20)13-23/h1-7,12,15H,8-11H2,(H,25,28)/b17-15-. The van der Waals surface area contributed by atoms with E-state index in [0.29, 0.717) is 29.4 Å². The van der Waals surface area contributed by atoms with Gasteiger partial charge >= 0.3 is 0 Å². The van der Waals surface area contributed by atoms with Crippen LogP contribution in [0, 0.1) is 22.7 Å². The Morgan fingerprint density at radius 1 is 1.07 bits per heavy atom. The highest BCUT2D eigenvalue weighted by Gasteiger charge is 2.18. The van der Waals surface area contributed by atoms with E-state index in [1.807, 2.05) is 41.3 Å². The molecular formula is C21H18ClN5O. The Morgan fingerprint density at radius 2 is 1.82 bits per heavy atom. The van der Waals surface area contributed by atoms with Gasteiger partial charge in [0, 0.05) is 43.1 Å². The van der Waals surface area contributed by atoms with Crippen LogP contribution >= 0.6 is 11.6 Å². The summed E-state index contributed by atoms with van der Waals surface area (Å²) in [6.07, 6.45) is 1.58. The van der Waals surface area contributed by atoms with E-state index >= 15 is 0 Å². The first kappa shape index (κ1) is 19.3. The molecule has 0 radical (unpaired) electrons. The summed E-state index contributed by atoms with van der Waals surface area (Å²) in [5.41, 5.74) is 1.80. The number of nitriles is 2. The smallest absolute Gasteiger partial charge is 0.267 e. The van der Waals surface area contributed by atoms with Crippen molar-refractivity contribution in [2.45, 2.75) is 0 Å². The number of carbonyl (C=O) groups is 1. The van der Waals surface area contributed by atoms with E-state index in [4.69, 9.17) is 16.9 Å². The fraction of sp³-hybridized carbons (Fsp3) is 0.190. The molecule has 7 heteroatoms. The number of anilines is 2. The van der Waals surface area contributed by atoms with Crippen molar-refractivity contribution < 1.29 is 4.79 Å². The van der Waals surface area contributed by atoms with Crippen LogP contribution in [-0.2, 0) is 4.79 Å². The Labute approximate surface area is 168 Å². The Morgan fingerprint density at radius 3 is 2.50 bits per heavy atom. The molecular weight excluding hydrogens is 374 g/mol. The van der Waals surface area contributed by atoms with E-state index in [1.165, 1.54) is 0 Å². The van der Waals surface area contributed by atoms with Crippen LogP contribution in [0.3, 0.4) is 0 Å². The van der Waals surface area contributed by atoms with Crippen molar-refractivity contribution in [2.24, 2.45) is 0 Å². The van der Waals surface area contributed by atoms with Crippen molar-refractivity contribution in [3.05, 3.63) is 70.9 Å². The highest BCUT2D eigenvalue weighted by molar-refractivity contribution is 6.30. The Balaban J connectivity index is 1.64. The summed E-state index contributed by atoms with van der Waals surface area (Å²) in [5, 5.41) is 21.9. The lowest BCUT2D eigenvalue weighted by Crippen LogP contribution is -2.44. The van der Waals surface area contributed by atoms with E-state index in [-0.39, 0.29) is 5.57 Å². The molecule has 0 aliphatic carbocycles. The molecule has 0 bridgehead atoms. The maximum Gasteiger partial charge on any atom is 0.267 e. The molecule has 1 fully saturated rings. The summed E-state index contributed by atoms with van der Waals surface area (Å²) < 4.78 is 0. The van der Waals surface area contributed by atoms with Crippen molar-refractivity contribution in [3.8, 4) is 12.1 Å². The van der Waals surface area contributed by atoms with Crippen LogP contribution in [0.15, 0.2) is 60.3 Å². The maximum absolute atomic E-state index is 12.4. The minimum absolute atomic E-state index is 0.00366. The fourth-order valence-electron chi connectivity index (χ4n) is 2.98. The third-order valence-corrected chi connectivity index (χ3v) is 4.70. The summed E-state index contributed by atoms with van der Waals surface area (Å²) >= 11 is 6.06. The summed E-state index contributed by atoms with van der Waals surface area (Å²) in [4.78, 5) is 16.6. The molecule has 0 saturated carbocycles. The first-order valence-corrected chi connectivity index (χ1v) is 9.15. The molecule has 0 spiro atoms. The molecule has 1 amide bonds. The van der Waals surface area contributed by atoms with Crippen molar-refractivity contribution in [1.82, 2.24) is 4.90 Å². The molecule has 1 aliphatic heterocycles. The molecule has 140 valence electrons. The zero-order valence-electron chi connectivity index (χ0n) is 15.1. The number of para-hydroxylation sites is 1. The van der Waals surface area contributed by atoms with Gasteiger partial charge in [0.2, 0.25) is 0 Å². The molecule has 1 N–H and O–H groups in total. The van der Waals surface area contributed by atoms with Crippen LogP contribution in [-0.4, -0.2) is 37.0 Å². The summed E-state index contributed by atoms with van der Waals surface area (Å²) in [6.45, 7) is 2.88. The van der Waals surface area contributed by atoms with E-state index in [2.05, 4.69) is 10.2 Å². The van der Waals surface area contributed by atoms with Gasteiger partial charge in [-0.25, -0.2) is 0 Å². The lowest BCUT2D eigenvalue weighted by atomic mass is 10.2. The number of halogens is 1. The molecule has 0 atom stereocenters. The number of hydrogen-bond acceptors (Lipinski definition) is 5. The van der Waals surface area contributed by atoms with Crippen molar-refractivity contribution in [1.29, 1.82) is 10.5 Å². The van der Waals surface area contributed by atoms with Gasteiger partial charge < -0.3 is 15.1 Å². The number of piperazine rings is 1. The topological polar surface area (TPSA) is 83.2 Å². The summed E-state index contributed by atoms with van der Waals surface area (Å²) in [7, 11) is 0. The number of benzene rings is 2. The Bertz CT molecular complexity index is 981. The Hall–Kier alpha value is -3.48. The molecule has 28 heavy (non-hydrogen) atoms. The molecule has 1 heterocycles. The number of carbonyl (C=O) groups excluding carboxylic acids is 1. The average Bonchev–Trinajstić information content (AvgIpc) is 2.72. The quantitative estimate of drug-likeness (QED) is 0.638. The molecule has 1 saturated heterocycles. The summed E-state index contributed by atoms with van der Waals surface area (Å²) in [5.74, 6) is -0.525. The van der Waals surface area contributed by atoms with Gasteiger partial charge in [0.1, 0.15) is 17.7 Å². The molecule has 0 unspecified atom stereocenters. The molecule has 3 rings (SSSR count). The monoisotopic (exact) mass is 391 g/mol. The second-order valence-electron chi connectivity index (χ2n) is 6.27. The fourth-order valence-corrected chi connectivity index (χ4v) is 3.17. The van der Waals surface area contributed by atoms with Crippen LogP contribution in [0.5, 0.6) is 0 Å². The van der Waals surface area contributed by atoms with Gasteiger partial charge in [0.25, 0.3) is 5.91 Å². The second-order valence-corrected chi connectivity index (χ2v) is 6.71. The molecule has 2 aromatic rings. The maximum atomic E-state index is 12.4. The van der Waals surface area contributed by atoms with Crippen molar-refractivity contribution >= 4 is 28.9 Å². The number of amides is 1. The highest BCUT2D eigenvalue weighted by atomic mass is 35.5. The largest absolute Gasteiger partial charge is 0.373 e. The van der Waals surface area contributed by atoms with E-state index in [0.717, 1.165) is 18.8 Å². The highest BCUT2D eigenvalue weighted by Crippen LogP contribution is 2.21. The van der Waals surface area contributed by atoms with E-state index in [9.17, 15) is 10.1 Å². The number of nitrogens with one attached hydrogen (secondary N) is 1. The SMILES string of the molecule is N#C/C(=C/N1CCN(c2cccc(Cl)c2)CC1)C(=O)Nc1ccccc1C#N. The number of hydrogen-bond donors (Lipinski definition) is 1. The third kappa shape index (κ3) is 4.62. The molecule has 0 aromatic heterocycles. The first-order valence-electron chi connectivity index (χ1n) is 8.77. The number of rotatable bonds is 4. The van der Waals surface area contributed by atoms with Gasteiger partial charge in [0.15, 0.2) is 0 Å². The lowest BCUT2D eigenvalue weighted by Gasteiger charge is -2.35. The zero-order chi connectivity index (χ0) is 19.9. The van der Waals surface area contributed by atoms with Gasteiger partial charge in [-0.2, -0.15) is 10.5 Å². The van der Waals surface area contributed by atoms with Gasteiger partial charge in [-0.1, -0.05) is 29.8 Å². The van der Waals surface area contributed by atoms with Crippen LogP contribution in [0.2, 0.25) is 5.02 Å². The van der Waals surface area contributed by atoms with Crippen LogP contribution in [0.4, 0.5) is 11.4 Å². The van der Waals surface area contributed by atoms with Crippen molar-refractivity contribution in [2.75, 3.05) is 36.4 Å². The molecule has 6 nitrogen and oxygen atoms in total. The average molecular weight is 392 g/mol. The normalized spacial score (nSPS) is 14.2. The minimum atomic E-state index is -0.525. The van der Waals surface area contributed by atoms with Gasteiger partial charge in [-0.15, -0.1) is 0 Å². The zero-order valence-corrected chi connectivity index (χ0v) is 15.9. The first-order chi connectivity index (χ1) is 13.6. The van der Waals surface area contributed by atoms with Crippen LogP contribution in [0.25, 0.3) is 0 Å². The second kappa shape index (κ2) is 8.94. The van der Waals surface area contributed by atoms with Gasteiger partial charge in [0.05, 0.1) is 11.3 Å². The lowest BCUT2D eigenvalue weighted by molar-refractivity contribution is -0.112. The Kier molecular flexibility index (Phi) is 6.16. The minimum Gasteiger partial charge on any atom is -0.373 e. The van der Waals surface area contributed by atoms with E-state index in [1.54, 1.807) is 30.5 Å². The van der Waals surface area contributed by atoms with Gasteiger partial charge in [-0.3, -0.25) is 4.79 Å². The van der Waals surface area contributed by atoms with Crippen LogP contribution < -0.4 is 10.2 Å². The third-order valence-electron chi connectivity index (χ3n) is 4.46. The molecule has 1 aliphatic rings. The predicted octanol–water partition coefficient (Wildman–Crippen LogP) is 3.38. The van der Waals surface area contributed by atoms with Crippen molar-refractivity contribution in [3.63, 3.8) is 0 Å². The van der Waals surface area contributed by atoms with Gasteiger partial charge in [-0.05, 0) is 30.3 Å².